The molecule has 0 spiro atoms. The first-order valence-corrected chi connectivity index (χ1v) is 11.9. The molecule has 1 N–H and O–H groups in total. The Morgan fingerprint density at radius 3 is 2.54 bits per heavy atom. The fraction of sp³-hybridized carbons (Fsp3) is 0.400. The zero-order valence-electron chi connectivity index (χ0n) is 20.2. The zero-order valence-corrected chi connectivity index (χ0v) is 20.2. The Morgan fingerprint density at radius 2 is 1.86 bits per heavy atom. The summed E-state index contributed by atoms with van der Waals surface area (Å²) in [7, 11) is 0. The van der Waals surface area contributed by atoms with Gasteiger partial charge in [-0.1, -0.05) is 35.5 Å². The van der Waals surface area contributed by atoms with Gasteiger partial charge in [0.2, 0.25) is 11.9 Å². The average molecular weight is 476 g/mol. The van der Waals surface area contributed by atoms with E-state index in [0.717, 1.165) is 16.8 Å². The highest BCUT2D eigenvalue weighted by Gasteiger charge is 2.35. The van der Waals surface area contributed by atoms with Crippen LogP contribution in [0.4, 0.5) is 11.8 Å². The van der Waals surface area contributed by atoms with Gasteiger partial charge in [-0.3, -0.25) is 9.59 Å². The number of anilines is 2. The topological polar surface area (TPSA) is 108 Å². The number of amides is 2. The fourth-order valence-electron chi connectivity index (χ4n) is 4.41. The van der Waals surface area contributed by atoms with E-state index in [9.17, 15) is 9.59 Å². The lowest BCUT2D eigenvalue weighted by Gasteiger charge is -2.34. The Balaban J connectivity index is 1.40. The second-order valence-corrected chi connectivity index (χ2v) is 9.12. The summed E-state index contributed by atoms with van der Waals surface area (Å²) in [6.07, 6.45) is 0. The quantitative estimate of drug-likeness (QED) is 0.580. The molecular weight excluding hydrogens is 446 g/mol. The van der Waals surface area contributed by atoms with Crippen LogP contribution >= 0.6 is 0 Å². The van der Waals surface area contributed by atoms with Crippen molar-refractivity contribution >= 4 is 23.6 Å². The monoisotopic (exact) mass is 475 g/mol. The van der Waals surface area contributed by atoms with Crippen molar-refractivity contribution in [1.29, 1.82) is 0 Å². The number of nitrogens with one attached hydrogen (secondary N) is 1. The predicted molar refractivity (Wildman–Crippen MR) is 131 cm³/mol. The lowest BCUT2D eigenvalue weighted by molar-refractivity contribution is -0.129. The van der Waals surface area contributed by atoms with Gasteiger partial charge in [-0.2, -0.15) is 4.98 Å². The molecule has 4 heterocycles. The zero-order chi connectivity index (χ0) is 24.5. The minimum Gasteiger partial charge on any atom is -0.364 e. The first-order chi connectivity index (χ1) is 16.9. The Morgan fingerprint density at radius 1 is 1.11 bits per heavy atom. The number of piperazine rings is 1. The van der Waals surface area contributed by atoms with Gasteiger partial charge in [0.1, 0.15) is 17.2 Å². The molecule has 10 nitrogen and oxygen atoms in total. The van der Waals surface area contributed by atoms with Crippen LogP contribution in [-0.4, -0.2) is 69.0 Å². The van der Waals surface area contributed by atoms with Crippen LogP contribution < -0.4 is 10.2 Å². The van der Waals surface area contributed by atoms with Crippen molar-refractivity contribution in [3.8, 4) is 11.3 Å². The van der Waals surface area contributed by atoms with E-state index in [4.69, 9.17) is 9.51 Å². The second-order valence-electron chi connectivity index (χ2n) is 9.12. The van der Waals surface area contributed by atoms with E-state index < -0.39 is 0 Å². The Kier molecular flexibility index (Phi) is 6.10. The second kappa shape index (κ2) is 9.36. The molecule has 1 aromatic carbocycles. The van der Waals surface area contributed by atoms with Crippen molar-refractivity contribution in [1.82, 2.24) is 24.9 Å². The van der Waals surface area contributed by atoms with E-state index in [1.807, 2.05) is 60.0 Å². The summed E-state index contributed by atoms with van der Waals surface area (Å²) in [6, 6.07) is 11.8. The smallest absolute Gasteiger partial charge is 0.273 e. The van der Waals surface area contributed by atoms with Gasteiger partial charge in [-0.15, -0.1) is 0 Å². The Labute approximate surface area is 203 Å². The van der Waals surface area contributed by atoms with E-state index in [1.54, 1.807) is 11.8 Å². The van der Waals surface area contributed by atoms with Crippen LogP contribution in [0.15, 0.2) is 40.9 Å². The van der Waals surface area contributed by atoms with Crippen molar-refractivity contribution < 1.29 is 14.1 Å². The van der Waals surface area contributed by atoms with Crippen molar-refractivity contribution in [3.63, 3.8) is 0 Å². The fourth-order valence-corrected chi connectivity index (χ4v) is 4.41. The number of hydrogen-bond acceptors (Lipinski definition) is 8. The maximum absolute atomic E-state index is 13.1. The van der Waals surface area contributed by atoms with Crippen LogP contribution in [0.1, 0.15) is 42.5 Å². The summed E-state index contributed by atoms with van der Waals surface area (Å²) in [5.41, 5.74) is 2.92. The third-order valence-electron chi connectivity index (χ3n) is 6.47. The maximum Gasteiger partial charge on any atom is 0.273 e. The molecule has 1 fully saturated rings. The SMILES string of the molecule is CC(=O)N1CCN(c2nc(NCc3cc(-c4ccccc4)on3)c3c(n2)C(=O)N(C(C)C)C3)CC1. The predicted octanol–water partition coefficient (Wildman–Crippen LogP) is 2.78. The third kappa shape index (κ3) is 4.55. The molecule has 0 unspecified atom stereocenters. The molecule has 0 saturated carbocycles. The van der Waals surface area contributed by atoms with Crippen LogP contribution in [0.2, 0.25) is 0 Å². The minimum absolute atomic E-state index is 0.0519. The summed E-state index contributed by atoms with van der Waals surface area (Å²) >= 11 is 0. The molecule has 2 aliphatic rings. The highest BCUT2D eigenvalue weighted by atomic mass is 16.5. The number of aromatic nitrogens is 3. The molecule has 0 radical (unpaired) electrons. The number of nitrogens with zero attached hydrogens (tertiary/aromatic N) is 6. The van der Waals surface area contributed by atoms with Crippen LogP contribution in [0.3, 0.4) is 0 Å². The van der Waals surface area contributed by atoms with Crippen LogP contribution in [0, 0.1) is 0 Å². The first-order valence-electron chi connectivity index (χ1n) is 11.9. The molecule has 2 aromatic heterocycles. The van der Waals surface area contributed by atoms with E-state index in [2.05, 4.69) is 15.5 Å². The molecule has 0 bridgehead atoms. The van der Waals surface area contributed by atoms with E-state index in [1.165, 1.54) is 0 Å². The van der Waals surface area contributed by atoms with Gasteiger partial charge >= 0.3 is 0 Å². The number of benzene rings is 1. The lowest BCUT2D eigenvalue weighted by Crippen LogP contribution is -2.48. The number of carbonyl (C=O) groups excluding carboxylic acids is 2. The summed E-state index contributed by atoms with van der Waals surface area (Å²) < 4.78 is 5.52. The number of rotatable bonds is 6. The van der Waals surface area contributed by atoms with Crippen molar-refractivity contribution in [2.75, 3.05) is 36.4 Å². The minimum atomic E-state index is -0.0862. The van der Waals surface area contributed by atoms with Gasteiger partial charge in [0.05, 0.1) is 13.1 Å². The van der Waals surface area contributed by atoms with Gasteiger partial charge in [0.25, 0.3) is 5.91 Å². The van der Waals surface area contributed by atoms with Gasteiger partial charge < -0.3 is 24.5 Å². The normalized spacial score (nSPS) is 15.7. The van der Waals surface area contributed by atoms with Crippen LogP contribution in [0.5, 0.6) is 0 Å². The molecule has 2 amide bonds. The van der Waals surface area contributed by atoms with E-state index in [0.29, 0.717) is 62.5 Å². The molecule has 0 atom stereocenters. The molecule has 3 aromatic rings. The van der Waals surface area contributed by atoms with Gasteiger partial charge in [0, 0.05) is 56.3 Å². The highest BCUT2D eigenvalue weighted by Crippen LogP contribution is 2.31. The van der Waals surface area contributed by atoms with Crippen molar-refractivity contribution in [3.05, 3.63) is 53.3 Å². The summed E-state index contributed by atoms with van der Waals surface area (Å²) in [5, 5.41) is 7.56. The molecule has 35 heavy (non-hydrogen) atoms. The Bertz CT molecular complexity index is 1230. The highest BCUT2D eigenvalue weighted by molar-refractivity contribution is 5.98. The average Bonchev–Trinajstić information content (AvgIpc) is 3.48. The lowest BCUT2D eigenvalue weighted by atomic mass is 10.1. The van der Waals surface area contributed by atoms with Crippen molar-refractivity contribution in [2.45, 2.75) is 39.9 Å². The summed E-state index contributed by atoms with van der Waals surface area (Å²) in [5.74, 6) is 1.79. The standard InChI is InChI=1S/C25H29N7O3/c1-16(2)32-15-20-22(24(32)34)27-25(31-11-9-30(10-12-31)17(3)33)28-23(20)26-14-19-13-21(35-29-19)18-7-5-4-6-8-18/h4-8,13,16H,9-12,14-15H2,1-3H3,(H,26,27,28). The molecular formula is C25H29N7O3. The van der Waals surface area contributed by atoms with E-state index >= 15 is 0 Å². The first kappa shape index (κ1) is 22.8. The summed E-state index contributed by atoms with van der Waals surface area (Å²) in [6.45, 7) is 8.86. The molecule has 0 aliphatic carbocycles. The van der Waals surface area contributed by atoms with E-state index in [-0.39, 0.29) is 17.9 Å². The van der Waals surface area contributed by atoms with Gasteiger partial charge in [0.15, 0.2) is 5.76 Å². The number of hydrogen-bond donors (Lipinski definition) is 1. The molecule has 1 saturated heterocycles. The van der Waals surface area contributed by atoms with Crippen molar-refractivity contribution in [2.24, 2.45) is 0 Å². The molecule has 182 valence electrons. The van der Waals surface area contributed by atoms with Gasteiger partial charge in [-0.05, 0) is 13.8 Å². The molecule has 10 heteroatoms. The largest absolute Gasteiger partial charge is 0.364 e. The Hall–Kier alpha value is -3.95. The van der Waals surface area contributed by atoms with Crippen LogP contribution in [0.25, 0.3) is 11.3 Å². The maximum atomic E-state index is 13.1. The number of fused-ring (bicyclic) bond motifs is 1. The summed E-state index contributed by atoms with van der Waals surface area (Å²) in [4.78, 5) is 39.9. The third-order valence-corrected chi connectivity index (χ3v) is 6.47. The van der Waals surface area contributed by atoms with Gasteiger partial charge in [-0.25, -0.2) is 4.98 Å². The van der Waals surface area contributed by atoms with Crippen LogP contribution in [-0.2, 0) is 17.9 Å². The molecule has 2 aliphatic heterocycles. The molecule has 5 rings (SSSR count). The number of carbonyl (C=O) groups is 2.